The lowest BCUT2D eigenvalue weighted by atomic mass is 10.2. The number of hydrogen-bond donors (Lipinski definition) is 1. The molecule has 1 N–H and O–H groups in total. The van der Waals surface area contributed by atoms with Crippen molar-refractivity contribution < 1.29 is 9.18 Å². The Hall–Kier alpha value is -0.720. The van der Waals surface area contributed by atoms with Crippen LogP contribution in [0.25, 0.3) is 0 Å². The summed E-state index contributed by atoms with van der Waals surface area (Å²) in [5, 5.41) is 2.55. The van der Waals surface area contributed by atoms with Crippen LogP contribution in [0.2, 0.25) is 5.02 Å². The fourth-order valence-electron chi connectivity index (χ4n) is 1.63. The Morgan fingerprint density at radius 2 is 2.45 bits per heavy atom. The highest BCUT2D eigenvalue weighted by atomic mass is 35.5. The summed E-state index contributed by atoms with van der Waals surface area (Å²) in [4.78, 5) is 16.5. The maximum atomic E-state index is 13.1. The molecule has 0 saturated carbocycles. The van der Waals surface area contributed by atoms with Crippen molar-refractivity contribution in [1.29, 1.82) is 0 Å². The van der Waals surface area contributed by atoms with Gasteiger partial charge in [-0.2, -0.15) is 0 Å². The van der Waals surface area contributed by atoms with Crippen LogP contribution in [-0.4, -0.2) is 27.8 Å². The summed E-state index contributed by atoms with van der Waals surface area (Å²) in [5.41, 5.74) is 0.501. The number of anilines is 1. The molecular weight excluding hydrogens is 319 g/mol. The van der Waals surface area contributed by atoms with Crippen LogP contribution in [0.5, 0.6) is 0 Å². The molecule has 3 nitrogen and oxygen atoms in total. The minimum absolute atomic E-state index is 0.000718. The van der Waals surface area contributed by atoms with Crippen LogP contribution < -0.4 is 5.32 Å². The number of carbonyl (C=O) groups is 1. The van der Waals surface area contributed by atoms with E-state index in [1.807, 2.05) is 6.92 Å². The van der Waals surface area contributed by atoms with Gasteiger partial charge in [0.05, 0.1) is 16.8 Å². The molecule has 1 aliphatic rings. The first-order chi connectivity index (χ1) is 9.60. The van der Waals surface area contributed by atoms with Crippen LogP contribution in [-0.2, 0) is 4.79 Å². The normalized spacial score (nSPS) is 15.8. The van der Waals surface area contributed by atoms with Crippen molar-refractivity contribution >= 4 is 51.1 Å². The van der Waals surface area contributed by atoms with Crippen molar-refractivity contribution in [3.05, 3.63) is 29.0 Å². The summed E-state index contributed by atoms with van der Waals surface area (Å²) in [6.45, 7) is 2.77. The molecule has 0 saturated heterocycles. The van der Waals surface area contributed by atoms with E-state index < -0.39 is 5.82 Å². The van der Waals surface area contributed by atoms with Gasteiger partial charge in [0, 0.05) is 11.4 Å². The second-order valence-electron chi connectivity index (χ2n) is 4.13. The summed E-state index contributed by atoms with van der Waals surface area (Å²) >= 11 is 8.85. The molecule has 0 fully saturated rings. The van der Waals surface area contributed by atoms with Crippen LogP contribution in [0.15, 0.2) is 23.2 Å². The fourth-order valence-corrected chi connectivity index (χ4v) is 3.96. The van der Waals surface area contributed by atoms with E-state index in [-0.39, 0.29) is 16.2 Å². The number of carbonyl (C=O) groups excluding carboxylic acids is 1. The van der Waals surface area contributed by atoms with Gasteiger partial charge in [-0.05, 0) is 24.6 Å². The highest BCUT2D eigenvalue weighted by Crippen LogP contribution is 2.28. The number of aliphatic imine (C=N–C) groups is 1. The molecule has 1 aliphatic heterocycles. The highest BCUT2D eigenvalue weighted by Gasteiger charge is 2.21. The van der Waals surface area contributed by atoms with Gasteiger partial charge >= 0.3 is 0 Å². The van der Waals surface area contributed by atoms with Gasteiger partial charge < -0.3 is 5.32 Å². The van der Waals surface area contributed by atoms with Crippen molar-refractivity contribution in [2.24, 2.45) is 4.99 Å². The average molecular weight is 333 g/mol. The van der Waals surface area contributed by atoms with E-state index in [0.717, 1.165) is 16.7 Å². The maximum absolute atomic E-state index is 13.1. The van der Waals surface area contributed by atoms with Crippen molar-refractivity contribution in [2.75, 3.05) is 17.6 Å². The molecule has 0 aliphatic carbocycles. The number of thioether (sulfide) groups is 2. The summed E-state index contributed by atoms with van der Waals surface area (Å²) < 4.78 is 14.0. The zero-order valence-corrected chi connectivity index (χ0v) is 13.2. The Bertz CT molecular complexity index is 539. The Balaban J connectivity index is 1.99. The maximum Gasteiger partial charge on any atom is 0.237 e. The van der Waals surface area contributed by atoms with Crippen molar-refractivity contribution in [2.45, 2.75) is 18.6 Å². The van der Waals surface area contributed by atoms with Gasteiger partial charge in [0.15, 0.2) is 0 Å². The number of nitrogens with zero attached hydrogens (tertiary/aromatic N) is 1. The quantitative estimate of drug-likeness (QED) is 0.905. The predicted octanol–water partition coefficient (Wildman–Crippen LogP) is 4.03. The Morgan fingerprint density at radius 1 is 1.65 bits per heavy atom. The number of benzene rings is 1. The van der Waals surface area contributed by atoms with Crippen LogP contribution in [0.4, 0.5) is 10.1 Å². The largest absolute Gasteiger partial charge is 0.325 e. The number of nitrogens with one attached hydrogen (secondary N) is 1. The molecule has 1 atom stereocenters. The molecule has 2 rings (SSSR count). The molecule has 108 valence electrons. The number of hydrogen-bond acceptors (Lipinski definition) is 4. The molecule has 1 heterocycles. The Labute approximate surface area is 130 Å². The highest BCUT2D eigenvalue weighted by molar-refractivity contribution is 8.39. The molecular formula is C13H14ClFN2OS2. The SMILES string of the molecule is CCC(SC1=NCCS1)C(=O)Nc1ccc(F)c(Cl)c1. The van der Waals surface area contributed by atoms with E-state index in [0.29, 0.717) is 12.1 Å². The van der Waals surface area contributed by atoms with E-state index in [1.54, 1.807) is 11.8 Å². The first kappa shape index (κ1) is 15.7. The Kier molecular flexibility index (Phi) is 5.74. The van der Waals surface area contributed by atoms with E-state index in [9.17, 15) is 9.18 Å². The second kappa shape index (κ2) is 7.33. The van der Waals surface area contributed by atoms with E-state index in [1.165, 1.54) is 30.0 Å². The van der Waals surface area contributed by atoms with Crippen molar-refractivity contribution in [3.63, 3.8) is 0 Å². The molecule has 0 spiro atoms. The molecule has 0 radical (unpaired) electrons. The third-order valence-electron chi connectivity index (χ3n) is 2.65. The molecule has 0 bridgehead atoms. The number of halogens is 2. The predicted molar refractivity (Wildman–Crippen MR) is 86.5 cm³/mol. The van der Waals surface area contributed by atoms with Crippen molar-refractivity contribution in [3.8, 4) is 0 Å². The Morgan fingerprint density at radius 3 is 3.05 bits per heavy atom. The van der Waals surface area contributed by atoms with Crippen LogP contribution in [0, 0.1) is 5.82 Å². The van der Waals surface area contributed by atoms with E-state index >= 15 is 0 Å². The monoisotopic (exact) mass is 332 g/mol. The average Bonchev–Trinajstić information content (AvgIpc) is 2.93. The topological polar surface area (TPSA) is 41.5 Å². The molecule has 0 aromatic heterocycles. The van der Waals surface area contributed by atoms with Crippen LogP contribution >= 0.6 is 35.1 Å². The smallest absolute Gasteiger partial charge is 0.237 e. The molecule has 7 heteroatoms. The third kappa shape index (κ3) is 4.14. The molecule has 20 heavy (non-hydrogen) atoms. The third-order valence-corrected chi connectivity index (χ3v) is 5.51. The summed E-state index contributed by atoms with van der Waals surface area (Å²) in [7, 11) is 0. The zero-order chi connectivity index (χ0) is 14.5. The number of amides is 1. The van der Waals surface area contributed by atoms with Crippen LogP contribution in [0.3, 0.4) is 0 Å². The van der Waals surface area contributed by atoms with Gasteiger partial charge in [-0.3, -0.25) is 9.79 Å². The van der Waals surface area contributed by atoms with Crippen LogP contribution in [0.1, 0.15) is 13.3 Å². The second-order valence-corrected chi connectivity index (χ2v) is 7.07. The van der Waals surface area contributed by atoms with Gasteiger partial charge in [-0.15, -0.1) is 0 Å². The summed E-state index contributed by atoms with van der Waals surface area (Å²) in [6.07, 6.45) is 0.699. The zero-order valence-electron chi connectivity index (χ0n) is 10.9. The van der Waals surface area contributed by atoms with Gasteiger partial charge in [-0.1, -0.05) is 42.0 Å². The minimum Gasteiger partial charge on any atom is -0.325 e. The lowest BCUT2D eigenvalue weighted by Gasteiger charge is -2.14. The van der Waals surface area contributed by atoms with E-state index in [4.69, 9.17) is 11.6 Å². The number of rotatable bonds is 4. The summed E-state index contributed by atoms with van der Waals surface area (Å²) in [5.74, 6) is 0.367. The van der Waals surface area contributed by atoms with Gasteiger partial charge in [-0.25, -0.2) is 4.39 Å². The first-order valence-corrected chi connectivity index (χ1v) is 8.44. The molecule has 1 aromatic rings. The standard InChI is InChI=1S/C13H14ClFN2OS2/c1-2-11(20-13-16-5-6-19-13)12(18)17-8-3-4-10(15)9(14)7-8/h3-4,7,11H,2,5-6H2,1H3,(H,17,18). The lowest BCUT2D eigenvalue weighted by Crippen LogP contribution is -2.25. The fraction of sp³-hybridized carbons (Fsp3) is 0.385. The molecule has 1 unspecified atom stereocenters. The van der Waals surface area contributed by atoms with Crippen molar-refractivity contribution in [1.82, 2.24) is 0 Å². The first-order valence-electron chi connectivity index (χ1n) is 6.20. The summed E-state index contributed by atoms with van der Waals surface area (Å²) in [6, 6.07) is 4.15. The van der Waals surface area contributed by atoms with Gasteiger partial charge in [0.1, 0.15) is 10.2 Å². The molecule has 1 aromatic carbocycles. The molecule has 1 amide bonds. The van der Waals surface area contributed by atoms with Gasteiger partial charge in [0.2, 0.25) is 5.91 Å². The minimum atomic E-state index is -0.497. The lowest BCUT2D eigenvalue weighted by molar-refractivity contribution is -0.115. The van der Waals surface area contributed by atoms with E-state index in [2.05, 4.69) is 10.3 Å². The van der Waals surface area contributed by atoms with Gasteiger partial charge in [0.25, 0.3) is 0 Å².